The zero-order chi connectivity index (χ0) is 10.7. The van der Waals surface area contributed by atoms with Crippen LogP contribution in [0.5, 0.6) is 0 Å². The molecule has 1 aliphatic carbocycles. The standard InChI is InChI=1S/C13H18FN/c14-13-5-1-10(2-6-13)9-12(7-8-15)11-3-4-11/h1-2,5-6,11-12H,3-4,7-9,15H2. The van der Waals surface area contributed by atoms with E-state index in [1.165, 1.54) is 18.4 Å². The molecular formula is C13H18FN. The Kier molecular flexibility index (Phi) is 3.37. The van der Waals surface area contributed by atoms with Crippen molar-refractivity contribution in [3.05, 3.63) is 35.6 Å². The molecule has 0 spiro atoms. The minimum absolute atomic E-state index is 0.152. The van der Waals surface area contributed by atoms with E-state index in [1.54, 1.807) is 12.1 Å². The summed E-state index contributed by atoms with van der Waals surface area (Å²) in [6, 6.07) is 6.87. The van der Waals surface area contributed by atoms with Gasteiger partial charge in [0.1, 0.15) is 5.82 Å². The third kappa shape index (κ3) is 3.03. The lowest BCUT2D eigenvalue weighted by Gasteiger charge is -2.14. The molecule has 0 aromatic heterocycles. The van der Waals surface area contributed by atoms with Crippen molar-refractivity contribution < 1.29 is 4.39 Å². The summed E-state index contributed by atoms with van der Waals surface area (Å²) in [6.07, 6.45) is 4.86. The Hall–Kier alpha value is -0.890. The van der Waals surface area contributed by atoms with E-state index in [2.05, 4.69) is 0 Å². The second kappa shape index (κ2) is 4.75. The fourth-order valence-corrected chi connectivity index (χ4v) is 2.21. The molecule has 1 saturated carbocycles. The molecule has 1 aromatic carbocycles. The SMILES string of the molecule is NCCC(Cc1ccc(F)cc1)C1CC1. The Bertz CT molecular complexity index is 303. The number of halogens is 1. The van der Waals surface area contributed by atoms with Gasteiger partial charge in [-0.25, -0.2) is 4.39 Å². The maximum absolute atomic E-state index is 12.7. The van der Waals surface area contributed by atoms with Crippen molar-refractivity contribution in [1.29, 1.82) is 0 Å². The molecule has 1 fully saturated rings. The van der Waals surface area contributed by atoms with Crippen molar-refractivity contribution >= 4 is 0 Å². The molecular weight excluding hydrogens is 189 g/mol. The van der Waals surface area contributed by atoms with Gasteiger partial charge >= 0.3 is 0 Å². The molecule has 1 atom stereocenters. The van der Waals surface area contributed by atoms with Gasteiger partial charge in [-0.2, -0.15) is 0 Å². The van der Waals surface area contributed by atoms with E-state index in [9.17, 15) is 4.39 Å². The highest BCUT2D eigenvalue weighted by molar-refractivity contribution is 5.17. The van der Waals surface area contributed by atoms with Gasteiger partial charge in [-0.1, -0.05) is 12.1 Å². The Morgan fingerprint density at radius 3 is 2.47 bits per heavy atom. The predicted molar refractivity (Wildman–Crippen MR) is 60.0 cm³/mol. The Morgan fingerprint density at radius 1 is 1.27 bits per heavy atom. The first-order chi connectivity index (χ1) is 7.29. The Labute approximate surface area is 90.5 Å². The van der Waals surface area contributed by atoms with Gasteiger partial charge in [-0.3, -0.25) is 0 Å². The Morgan fingerprint density at radius 2 is 1.93 bits per heavy atom. The van der Waals surface area contributed by atoms with E-state index >= 15 is 0 Å². The number of hydrogen-bond donors (Lipinski definition) is 1. The van der Waals surface area contributed by atoms with E-state index < -0.39 is 0 Å². The van der Waals surface area contributed by atoms with Crippen LogP contribution in [0.4, 0.5) is 4.39 Å². The summed E-state index contributed by atoms with van der Waals surface area (Å²) in [5.41, 5.74) is 6.85. The summed E-state index contributed by atoms with van der Waals surface area (Å²) in [7, 11) is 0. The minimum atomic E-state index is -0.152. The summed E-state index contributed by atoms with van der Waals surface area (Å²) in [5, 5.41) is 0. The summed E-state index contributed by atoms with van der Waals surface area (Å²) in [4.78, 5) is 0. The van der Waals surface area contributed by atoms with Crippen molar-refractivity contribution in [2.45, 2.75) is 25.7 Å². The van der Waals surface area contributed by atoms with Crippen LogP contribution in [0.2, 0.25) is 0 Å². The average molecular weight is 207 g/mol. The zero-order valence-corrected chi connectivity index (χ0v) is 8.95. The van der Waals surface area contributed by atoms with Crippen LogP contribution >= 0.6 is 0 Å². The molecule has 2 heteroatoms. The Balaban J connectivity index is 1.95. The average Bonchev–Trinajstić information content (AvgIpc) is 3.04. The van der Waals surface area contributed by atoms with Crippen molar-refractivity contribution in [2.24, 2.45) is 17.6 Å². The van der Waals surface area contributed by atoms with Crippen LogP contribution in [0.3, 0.4) is 0 Å². The lowest BCUT2D eigenvalue weighted by atomic mass is 9.92. The molecule has 0 radical (unpaired) electrons. The lowest BCUT2D eigenvalue weighted by molar-refractivity contribution is 0.432. The molecule has 1 nitrogen and oxygen atoms in total. The molecule has 2 N–H and O–H groups in total. The van der Waals surface area contributed by atoms with Gasteiger partial charge in [-0.05, 0) is 61.8 Å². The molecule has 0 aliphatic heterocycles. The van der Waals surface area contributed by atoms with E-state index in [4.69, 9.17) is 5.73 Å². The predicted octanol–water partition coefficient (Wildman–Crippen LogP) is 2.74. The van der Waals surface area contributed by atoms with E-state index in [0.29, 0.717) is 5.92 Å². The molecule has 82 valence electrons. The van der Waals surface area contributed by atoms with Crippen molar-refractivity contribution in [3.63, 3.8) is 0 Å². The third-order valence-electron chi connectivity index (χ3n) is 3.24. The molecule has 2 rings (SSSR count). The number of benzene rings is 1. The highest BCUT2D eigenvalue weighted by atomic mass is 19.1. The van der Waals surface area contributed by atoms with E-state index in [1.807, 2.05) is 12.1 Å². The topological polar surface area (TPSA) is 26.0 Å². The molecule has 1 unspecified atom stereocenters. The van der Waals surface area contributed by atoms with Gasteiger partial charge in [0.25, 0.3) is 0 Å². The zero-order valence-electron chi connectivity index (χ0n) is 8.95. The van der Waals surface area contributed by atoms with Crippen LogP contribution in [0, 0.1) is 17.7 Å². The second-order valence-corrected chi connectivity index (χ2v) is 4.51. The van der Waals surface area contributed by atoms with Crippen molar-refractivity contribution in [3.8, 4) is 0 Å². The third-order valence-corrected chi connectivity index (χ3v) is 3.24. The van der Waals surface area contributed by atoms with Gasteiger partial charge in [0.2, 0.25) is 0 Å². The first kappa shape index (κ1) is 10.6. The minimum Gasteiger partial charge on any atom is -0.330 e. The molecule has 1 aliphatic rings. The first-order valence-electron chi connectivity index (χ1n) is 5.74. The summed E-state index contributed by atoms with van der Waals surface area (Å²) in [6.45, 7) is 0.766. The second-order valence-electron chi connectivity index (χ2n) is 4.51. The fourth-order valence-electron chi connectivity index (χ4n) is 2.21. The monoisotopic (exact) mass is 207 g/mol. The quantitative estimate of drug-likeness (QED) is 0.789. The van der Waals surface area contributed by atoms with Crippen LogP contribution in [0.15, 0.2) is 24.3 Å². The van der Waals surface area contributed by atoms with Gasteiger partial charge < -0.3 is 5.73 Å². The first-order valence-corrected chi connectivity index (χ1v) is 5.74. The van der Waals surface area contributed by atoms with Gasteiger partial charge in [0, 0.05) is 0 Å². The smallest absolute Gasteiger partial charge is 0.123 e. The van der Waals surface area contributed by atoms with Crippen LogP contribution in [0.1, 0.15) is 24.8 Å². The largest absolute Gasteiger partial charge is 0.330 e. The van der Waals surface area contributed by atoms with Crippen LogP contribution in [-0.4, -0.2) is 6.54 Å². The van der Waals surface area contributed by atoms with E-state index in [0.717, 1.165) is 25.3 Å². The number of rotatable bonds is 5. The van der Waals surface area contributed by atoms with E-state index in [-0.39, 0.29) is 5.82 Å². The summed E-state index contributed by atoms with van der Waals surface area (Å²) >= 11 is 0. The fraction of sp³-hybridized carbons (Fsp3) is 0.538. The van der Waals surface area contributed by atoms with Crippen LogP contribution < -0.4 is 5.73 Å². The number of hydrogen-bond acceptors (Lipinski definition) is 1. The molecule has 1 aromatic rings. The van der Waals surface area contributed by atoms with Crippen molar-refractivity contribution in [1.82, 2.24) is 0 Å². The number of nitrogens with two attached hydrogens (primary N) is 1. The maximum atomic E-state index is 12.7. The van der Waals surface area contributed by atoms with Gasteiger partial charge in [0.05, 0.1) is 0 Å². The highest BCUT2D eigenvalue weighted by Crippen LogP contribution is 2.39. The van der Waals surface area contributed by atoms with Gasteiger partial charge in [0.15, 0.2) is 0 Å². The molecule has 0 heterocycles. The van der Waals surface area contributed by atoms with Crippen molar-refractivity contribution in [2.75, 3.05) is 6.54 Å². The lowest BCUT2D eigenvalue weighted by Crippen LogP contribution is -2.13. The molecule has 0 amide bonds. The van der Waals surface area contributed by atoms with Crippen LogP contribution in [0.25, 0.3) is 0 Å². The molecule has 15 heavy (non-hydrogen) atoms. The highest BCUT2D eigenvalue weighted by Gasteiger charge is 2.30. The molecule has 0 bridgehead atoms. The summed E-state index contributed by atoms with van der Waals surface area (Å²) in [5.74, 6) is 1.43. The summed E-state index contributed by atoms with van der Waals surface area (Å²) < 4.78 is 12.7. The molecule has 0 saturated heterocycles. The normalized spacial score (nSPS) is 17.7. The van der Waals surface area contributed by atoms with Crippen LogP contribution in [-0.2, 0) is 6.42 Å². The maximum Gasteiger partial charge on any atom is 0.123 e. The van der Waals surface area contributed by atoms with Gasteiger partial charge in [-0.15, -0.1) is 0 Å².